The van der Waals surface area contributed by atoms with Crippen LogP contribution in [0.3, 0.4) is 0 Å². The van der Waals surface area contributed by atoms with Gasteiger partial charge in [-0.3, -0.25) is 4.79 Å². The van der Waals surface area contributed by atoms with Crippen molar-refractivity contribution in [1.29, 1.82) is 0 Å². The fourth-order valence-corrected chi connectivity index (χ4v) is 5.27. The molecule has 0 fully saturated rings. The normalized spacial score (nSPS) is 12.6. The Hall–Kier alpha value is -2.69. The molecule has 182 valence electrons. The van der Waals surface area contributed by atoms with E-state index in [0.29, 0.717) is 30.0 Å². The van der Waals surface area contributed by atoms with Crippen molar-refractivity contribution in [2.45, 2.75) is 45.1 Å². The summed E-state index contributed by atoms with van der Waals surface area (Å²) in [5, 5.41) is 0. The van der Waals surface area contributed by atoms with Crippen molar-refractivity contribution in [3.63, 3.8) is 0 Å². The molecule has 0 radical (unpaired) electrons. The average molecular weight is 481 g/mol. The molecule has 1 heterocycles. The van der Waals surface area contributed by atoms with Crippen molar-refractivity contribution < 1.29 is 32.2 Å². The van der Waals surface area contributed by atoms with Crippen LogP contribution in [0.4, 0.5) is 0 Å². The Kier molecular flexibility index (Phi) is 9.21. The second-order valence-corrected chi connectivity index (χ2v) is 9.41. The number of carbonyl (C=O) groups is 2. The number of nitrogens with zero attached hydrogens (tertiary/aromatic N) is 1. The highest BCUT2D eigenvalue weighted by atomic mass is 32.2. The van der Waals surface area contributed by atoms with E-state index < -0.39 is 27.8 Å². The SMILES string of the molecule is CCOC(=O)c1[nH]c(C)c(C(=O)[C@@H](C)N(CCCOC)S(=O)(=O)c2ccc(OC)cc2)c1C. The fourth-order valence-electron chi connectivity index (χ4n) is 3.64. The summed E-state index contributed by atoms with van der Waals surface area (Å²) >= 11 is 0. The number of sulfonamides is 1. The minimum absolute atomic E-state index is 0.0510. The molecule has 0 bridgehead atoms. The lowest BCUT2D eigenvalue weighted by Gasteiger charge is -2.28. The zero-order chi connectivity index (χ0) is 24.8. The lowest BCUT2D eigenvalue weighted by atomic mass is 10.0. The maximum atomic E-state index is 13.5. The van der Waals surface area contributed by atoms with Crippen LogP contribution in [0, 0.1) is 13.8 Å². The van der Waals surface area contributed by atoms with Gasteiger partial charge in [0, 0.05) is 31.5 Å². The maximum absolute atomic E-state index is 13.5. The summed E-state index contributed by atoms with van der Waals surface area (Å²) in [7, 11) is -0.981. The second kappa shape index (κ2) is 11.4. The van der Waals surface area contributed by atoms with Gasteiger partial charge >= 0.3 is 5.97 Å². The predicted molar refractivity (Wildman–Crippen MR) is 123 cm³/mol. The summed E-state index contributed by atoms with van der Waals surface area (Å²) in [5.74, 6) is -0.451. The number of aryl methyl sites for hydroxylation is 1. The number of methoxy groups -OCH3 is 2. The summed E-state index contributed by atoms with van der Waals surface area (Å²) in [5.41, 5.74) is 1.38. The minimum Gasteiger partial charge on any atom is -0.497 e. The number of aromatic amines is 1. The van der Waals surface area contributed by atoms with Crippen LogP contribution in [-0.4, -0.2) is 69.5 Å². The first-order valence-corrected chi connectivity index (χ1v) is 12.1. The molecule has 10 heteroatoms. The van der Waals surface area contributed by atoms with Crippen molar-refractivity contribution in [3.8, 4) is 5.75 Å². The number of nitrogens with one attached hydrogen (secondary N) is 1. The molecule has 0 aliphatic carbocycles. The smallest absolute Gasteiger partial charge is 0.355 e. The third-order valence-electron chi connectivity index (χ3n) is 5.37. The van der Waals surface area contributed by atoms with Gasteiger partial charge in [0.1, 0.15) is 11.4 Å². The molecule has 0 amide bonds. The van der Waals surface area contributed by atoms with Gasteiger partial charge in [-0.15, -0.1) is 0 Å². The van der Waals surface area contributed by atoms with E-state index in [1.807, 2.05) is 0 Å². The molecule has 1 N–H and O–H groups in total. The molecule has 1 aromatic carbocycles. The van der Waals surface area contributed by atoms with Gasteiger partial charge in [0.15, 0.2) is 5.78 Å². The van der Waals surface area contributed by atoms with Crippen molar-refractivity contribution >= 4 is 21.8 Å². The second-order valence-electron chi connectivity index (χ2n) is 7.52. The number of Topliss-reactive ketones (excluding diaryl/α,β-unsaturated/α-hetero) is 1. The van der Waals surface area contributed by atoms with E-state index in [1.54, 1.807) is 39.8 Å². The van der Waals surface area contributed by atoms with Crippen LogP contribution in [0.25, 0.3) is 0 Å². The van der Waals surface area contributed by atoms with Crippen LogP contribution in [0.2, 0.25) is 0 Å². The highest BCUT2D eigenvalue weighted by Gasteiger charge is 2.35. The number of aromatic nitrogens is 1. The molecule has 0 spiro atoms. The highest BCUT2D eigenvalue weighted by Crippen LogP contribution is 2.26. The number of hydrogen-bond acceptors (Lipinski definition) is 7. The molecule has 2 aromatic rings. The van der Waals surface area contributed by atoms with E-state index in [9.17, 15) is 18.0 Å². The first kappa shape index (κ1) is 26.6. The van der Waals surface area contributed by atoms with E-state index in [0.717, 1.165) is 0 Å². The van der Waals surface area contributed by atoms with Gasteiger partial charge in [-0.25, -0.2) is 13.2 Å². The number of benzene rings is 1. The molecule has 0 aliphatic heterocycles. The third kappa shape index (κ3) is 5.82. The van der Waals surface area contributed by atoms with Gasteiger partial charge in [0.2, 0.25) is 10.0 Å². The number of esters is 1. The van der Waals surface area contributed by atoms with Gasteiger partial charge < -0.3 is 19.2 Å². The lowest BCUT2D eigenvalue weighted by Crippen LogP contribution is -2.44. The number of rotatable bonds is 12. The number of hydrogen-bond donors (Lipinski definition) is 1. The summed E-state index contributed by atoms with van der Waals surface area (Å²) in [6.07, 6.45) is 0.405. The van der Waals surface area contributed by atoms with Crippen LogP contribution in [-0.2, 0) is 19.5 Å². The monoisotopic (exact) mass is 480 g/mol. The first-order chi connectivity index (χ1) is 15.6. The maximum Gasteiger partial charge on any atom is 0.355 e. The van der Waals surface area contributed by atoms with E-state index in [4.69, 9.17) is 14.2 Å². The predicted octanol–water partition coefficient (Wildman–Crippen LogP) is 3.12. The topological polar surface area (TPSA) is 115 Å². The Balaban J connectivity index is 2.45. The highest BCUT2D eigenvalue weighted by molar-refractivity contribution is 7.89. The van der Waals surface area contributed by atoms with Crippen molar-refractivity contribution in [2.75, 3.05) is 34.0 Å². The number of ketones is 1. The lowest BCUT2D eigenvalue weighted by molar-refractivity contribution is 0.0519. The Morgan fingerprint density at radius 2 is 1.76 bits per heavy atom. The molecule has 0 saturated heterocycles. The van der Waals surface area contributed by atoms with Gasteiger partial charge in [0.25, 0.3) is 0 Å². The largest absolute Gasteiger partial charge is 0.497 e. The molecule has 1 atom stereocenters. The van der Waals surface area contributed by atoms with Gasteiger partial charge in [-0.05, 0) is 63.9 Å². The molecular formula is C23H32N2O7S. The number of carbonyl (C=O) groups excluding carboxylic acids is 2. The Labute approximate surface area is 195 Å². The van der Waals surface area contributed by atoms with Crippen molar-refractivity contribution in [2.24, 2.45) is 0 Å². The standard InChI is InChI=1S/C23H32N2O7S/c1-7-32-23(27)21-15(2)20(16(3)24-21)22(26)17(4)25(13-8-14-30-5)33(28,29)19-11-9-18(31-6)10-12-19/h9-12,17,24H,7-8,13-14H2,1-6H3/t17-/m1/s1. The molecule has 0 unspecified atom stereocenters. The van der Waals surface area contributed by atoms with Crippen molar-refractivity contribution in [1.82, 2.24) is 9.29 Å². The van der Waals surface area contributed by atoms with Gasteiger partial charge in [0.05, 0.1) is 24.7 Å². The van der Waals surface area contributed by atoms with Crippen LogP contribution in [0.1, 0.15) is 52.4 Å². The molecule has 1 aromatic heterocycles. The van der Waals surface area contributed by atoms with E-state index >= 15 is 0 Å². The zero-order valence-electron chi connectivity index (χ0n) is 19.9. The fraction of sp³-hybridized carbons (Fsp3) is 0.478. The summed E-state index contributed by atoms with van der Waals surface area (Å²) < 4.78 is 43.4. The number of H-pyrrole nitrogens is 1. The van der Waals surface area contributed by atoms with E-state index in [2.05, 4.69) is 4.98 Å². The summed E-state index contributed by atoms with van der Waals surface area (Å²) in [6.45, 7) is 7.17. The van der Waals surface area contributed by atoms with E-state index in [-0.39, 0.29) is 29.3 Å². The Morgan fingerprint density at radius 3 is 2.30 bits per heavy atom. The molecule has 0 aliphatic rings. The van der Waals surface area contributed by atoms with Crippen LogP contribution < -0.4 is 4.74 Å². The molecule has 9 nitrogen and oxygen atoms in total. The molecule has 0 saturated carbocycles. The summed E-state index contributed by atoms with van der Waals surface area (Å²) in [6, 6.07) is 4.98. The van der Waals surface area contributed by atoms with Crippen LogP contribution in [0.5, 0.6) is 5.75 Å². The first-order valence-electron chi connectivity index (χ1n) is 10.6. The number of ether oxygens (including phenoxy) is 3. The quantitative estimate of drug-likeness (QED) is 0.282. The van der Waals surface area contributed by atoms with Crippen molar-refractivity contribution in [3.05, 3.63) is 46.8 Å². The Bertz CT molecular complexity index is 1070. The molecular weight excluding hydrogens is 448 g/mol. The third-order valence-corrected chi connectivity index (χ3v) is 7.35. The van der Waals surface area contributed by atoms with Gasteiger partial charge in [-0.1, -0.05) is 0 Å². The van der Waals surface area contributed by atoms with Gasteiger partial charge in [-0.2, -0.15) is 4.31 Å². The van der Waals surface area contributed by atoms with Crippen LogP contribution in [0.15, 0.2) is 29.2 Å². The summed E-state index contributed by atoms with van der Waals surface area (Å²) in [4.78, 5) is 28.7. The van der Waals surface area contributed by atoms with E-state index in [1.165, 1.54) is 30.7 Å². The molecule has 2 rings (SSSR count). The average Bonchev–Trinajstić information content (AvgIpc) is 3.09. The zero-order valence-corrected chi connectivity index (χ0v) is 20.7. The molecule has 33 heavy (non-hydrogen) atoms. The Morgan fingerprint density at radius 1 is 1.12 bits per heavy atom. The van der Waals surface area contributed by atoms with Crippen LogP contribution >= 0.6 is 0 Å². The minimum atomic E-state index is -4.00.